The Balaban J connectivity index is 1.59. The zero-order valence-corrected chi connectivity index (χ0v) is 13.2. The molecule has 1 atom stereocenters. The van der Waals surface area contributed by atoms with Crippen molar-refractivity contribution in [3.8, 4) is 0 Å². The second kappa shape index (κ2) is 5.96. The largest absolute Gasteiger partial charge is 0.340 e. The highest BCUT2D eigenvalue weighted by molar-refractivity contribution is 5.78. The summed E-state index contributed by atoms with van der Waals surface area (Å²) in [7, 11) is 0. The highest BCUT2D eigenvalue weighted by Gasteiger charge is 2.32. The van der Waals surface area contributed by atoms with Gasteiger partial charge in [-0.2, -0.15) is 0 Å². The van der Waals surface area contributed by atoms with Crippen LogP contribution in [0.4, 0.5) is 0 Å². The summed E-state index contributed by atoms with van der Waals surface area (Å²) >= 11 is 0. The smallest absolute Gasteiger partial charge is 0.250 e. The maximum atomic E-state index is 12.7. The molecule has 122 valence electrons. The number of fused-ring (bicyclic) bond motifs is 1. The van der Waals surface area contributed by atoms with Gasteiger partial charge in [-0.05, 0) is 31.0 Å². The molecular weight excluding hydrogens is 304 g/mol. The van der Waals surface area contributed by atoms with Crippen LogP contribution in [-0.4, -0.2) is 31.9 Å². The Morgan fingerprint density at radius 2 is 2.04 bits per heavy atom. The maximum Gasteiger partial charge on any atom is 0.250 e. The minimum absolute atomic E-state index is 0.0498. The molecule has 24 heavy (non-hydrogen) atoms. The topological polar surface area (TPSA) is 71.0 Å². The van der Waals surface area contributed by atoms with E-state index in [0.29, 0.717) is 6.54 Å². The van der Waals surface area contributed by atoms with E-state index in [-0.39, 0.29) is 24.1 Å². The van der Waals surface area contributed by atoms with E-state index >= 15 is 0 Å². The molecule has 6 nitrogen and oxygen atoms in total. The van der Waals surface area contributed by atoms with Gasteiger partial charge in [0.25, 0.3) is 5.56 Å². The van der Waals surface area contributed by atoms with Crippen molar-refractivity contribution < 1.29 is 4.79 Å². The van der Waals surface area contributed by atoms with E-state index in [4.69, 9.17) is 0 Å². The van der Waals surface area contributed by atoms with Gasteiger partial charge in [0, 0.05) is 18.8 Å². The van der Waals surface area contributed by atoms with Crippen molar-refractivity contribution in [2.75, 3.05) is 6.54 Å². The standard InChI is InChI=1S/C18H18N4O2/c23-16-9-3-4-10-21(16)12-17(24)22-11-5-8-15(22)18-19-13-6-1-2-7-14(13)20-18/h1-4,6-7,9-10,15H,5,8,11-12H2,(H,19,20). The number of H-pyrrole nitrogens is 1. The minimum atomic E-state index is -0.162. The second-order valence-electron chi connectivity index (χ2n) is 6.05. The summed E-state index contributed by atoms with van der Waals surface area (Å²) in [6, 6.07) is 12.7. The van der Waals surface area contributed by atoms with Crippen molar-refractivity contribution in [3.63, 3.8) is 0 Å². The van der Waals surface area contributed by atoms with Crippen LogP contribution in [0.25, 0.3) is 11.0 Å². The maximum absolute atomic E-state index is 12.7. The molecule has 0 radical (unpaired) electrons. The van der Waals surface area contributed by atoms with E-state index in [1.54, 1.807) is 18.3 Å². The molecule has 2 aromatic heterocycles. The number of para-hydroxylation sites is 2. The Hall–Kier alpha value is -2.89. The zero-order valence-electron chi connectivity index (χ0n) is 13.2. The second-order valence-corrected chi connectivity index (χ2v) is 6.05. The highest BCUT2D eigenvalue weighted by Crippen LogP contribution is 2.31. The number of nitrogens with zero attached hydrogens (tertiary/aromatic N) is 3. The SMILES string of the molecule is O=C(Cn1ccccc1=O)N1CCCC1c1nc2ccccc2[nH]1. The third kappa shape index (κ3) is 2.60. The Morgan fingerprint density at radius 3 is 2.88 bits per heavy atom. The van der Waals surface area contributed by atoms with E-state index < -0.39 is 0 Å². The molecule has 1 N–H and O–H groups in total. The van der Waals surface area contributed by atoms with Gasteiger partial charge in [-0.1, -0.05) is 18.2 Å². The van der Waals surface area contributed by atoms with Gasteiger partial charge >= 0.3 is 0 Å². The van der Waals surface area contributed by atoms with E-state index in [9.17, 15) is 9.59 Å². The molecule has 1 unspecified atom stereocenters. The van der Waals surface area contributed by atoms with Gasteiger partial charge in [0.1, 0.15) is 12.4 Å². The Bertz CT molecular complexity index is 910. The molecule has 1 amide bonds. The number of hydrogen-bond acceptors (Lipinski definition) is 3. The Morgan fingerprint density at radius 1 is 1.21 bits per heavy atom. The van der Waals surface area contributed by atoms with E-state index in [1.807, 2.05) is 29.2 Å². The van der Waals surface area contributed by atoms with Gasteiger partial charge < -0.3 is 14.5 Å². The molecule has 1 fully saturated rings. The highest BCUT2D eigenvalue weighted by atomic mass is 16.2. The number of aromatic nitrogens is 3. The molecule has 6 heteroatoms. The molecule has 3 aromatic rings. The summed E-state index contributed by atoms with van der Waals surface area (Å²) in [5.41, 5.74) is 1.72. The first-order valence-electron chi connectivity index (χ1n) is 8.12. The fraction of sp³-hybridized carbons (Fsp3) is 0.278. The van der Waals surface area contributed by atoms with Crippen molar-refractivity contribution in [3.05, 3.63) is 64.8 Å². The van der Waals surface area contributed by atoms with Crippen LogP contribution in [0.3, 0.4) is 0 Å². The molecule has 4 rings (SSSR count). The monoisotopic (exact) mass is 322 g/mol. The molecular formula is C18H18N4O2. The fourth-order valence-electron chi connectivity index (χ4n) is 3.31. The van der Waals surface area contributed by atoms with Crippen LogP contribution in [0.5, 0.6) is 0 Å². The number of rotatable bonds is 3. The summed E-state index contributed by atoms with van der Waals surface area (Å²) in [5, 5.41) is 0. The van der Waals surface area contributed by atoms with E-state index in [0.717, 1.165) is 29.7 Å². The Labute approximate surface area is 138 Å². The fourth-order valence-corrected chi connectivity index (χ4v) is 3.31. The average Bonchev–Trinajstić information content (AvgIpc) is 3.23. The van der Waals surface area contributed by atoms with Crippen molar-refractivity contribution >= 4 is 16.9 Å². The van der Waals surface area contributed by atoms with Gasteiger partial charge in [-0.25, -0.2) is 4.98 Å². The average molecular weight is 322 g/mol. The number of benzene rings is 1. The van der Waals surface area contributed by atoms with Crippen molar-refractivity contribution in [1.29, 1.82) is 0 Å². The first-order valence-corrected chi connectivity index (χ1v) is 8.12. The van der Waals surface area contributed by atoms with Gasteiger partial charge in [-0.15, -0.1) is 0 Å². The normalized spacial score (nSPS) is 17.5. The molecule has 1 aliphatic rings. The van der Waals surface area contributed by atoms with Crippen LogP contribution < -0.4 is 5.56 Å². The van der Waals surface area contributed by atoms with Gasteiger partial charge in [0.15, 0.2) is 0 Å². The molecule has 1 aliphatic heterocycles. The minimum Gasteiger partial charge on any atom is -0.340 e. The van der Waals surface area contributed by atoms with Crippen molar-refractivity contribution in [2.24, 2.45) is 0 Å². The lowest BCUT2D eigenvalue weighted by Crippen LogP contribution is -2.36. The number of aromatic amines is 1. The summed E-state index contributed by atoms with van der Waals surface area (Å²) < 4.78 is 1.44. The van der Waals surface area contributed by atoms with Crippen molar-refractivity contribution in [1.82, 2.24) is 19.4 Å². The molecule has 0 saturated carbocycles. The van der Waals surface area contributed by atoms with E-state index in [1.165, 1.54) is 10.6 Å². The van der Waals surface area contributed by atoms with Gasteiger partial charge in [-0.3, -0.25) is 9.59 Å². The third-order valence-corrected chi connectivity index (χ3v) is 4.50. The first kappa shape index (κ1) is 14.7. The molecule has 0 aliphatic carbocycles. The zero-order chi connectivity index (χ0) is 16.5. The van der Waals surface area contributed by atoms with Crippen LogP contribution in [-0.2, 0) is 11.3 Å². The summed E-state index contributed by atoms with van der Waals surface area (Å²) in [4.78, 5) is 34.3. The predicted octanol–water partition coefficient (Wildman–Crippen LogP) is 2.09. The van der Waals surface area contributed by atoms with Gasteiger partial charge in [0.2, 0.25) is 5.91 Å². The van der Waals surface area contributed by atoms with Gasteiger partial charge in [0.05, 0.1) is 17.1 Å². The number of likely N-dealkylation sites (tertiary alicyclic amines) is 1. The number of carbonyl (C=O) groups excluding carboxylic acids is 1. The number of imidazole rings is 1. The quantitative estimate of drug-likeness (QED) is 0.802. The Kier molecular flexibility index (Phi) is 3.65. The third-order valence-electron chi connectivity index (χ3n) is 4.50. The van der Waals surface area contributed by atoms with Crippen LogP contribution >= 0.6 is 0 Å². The van der Waals surface area contributed by atoms with Crippen molar-refractivity contribution in [2.45, 2.75) is 25.4 Å². The number of hydrogen-bond donors (Lipinski definition) is 1. The summed E-state index contributed by atoms with van der Waals surface area (Å²) in [5.74, 6) is 0.772. The molecule has 1 saturated heterocycles. The number of carbonyl (C=O) groups is 1. The number of pyridine rings is 1. The summed E-state index contributed by atoms with van der Waals surface area (Å²) in [6.45, 7) is 0.762. The first-order chi connectivity index (χ1) is 11.7. The predicted molar refractivity (Wildman–Crippen MR) is 90.5 cm³/mol. The number of nitrogens with one attached hydrogen (secondary N) is 1. The van der Waals surface area contributed by atoms with Crippen LogP contribution in [0.2, 0.25) is 0 Å². The molecule has 1 aromatic carbocycles. The van der Waals surface area contributed by atoms with Crippen LogP contribution in [0.1, 0.15) is 24.7 Å². The molecule has 3 heterocycles. The lowest BCUT2D eigenvalue weighted by molar-refractivity contribution is -0.133. The van der Waals surface area contributed by atoms with Crippen LogP contribution in [0.15, 0.2) is 53.5 Å². The number of amides is 1. The lowest BCUT2D eigenvalue weighted by Gasteiger charge is -2.23. The summed E-state index contributed by atoms with van der Waals surface area (Å²) in [6.07, 6.45) is 3.47. The molecule has 0 spiro atoms. The lowest BCUT2D eigenvalue weighted by atomic mass is 10.2. The molecule has 0 bridgehead atoms. The van der Waals surface area contributed by atoms with E-state index in [2.05, 4.69) is 9.97 Å². The van der Waals surface area contributed by atoms with Crippen LogP contribution in [0, 0.1) is 0 Å².